The quantitative estimate of drug-likeness (QED) is 0.231. The number of hydrogen-bond donors (Lipinski definition) is 3. The number of aromatic hydroxyl groups is 1. The Kier molecular flexibility index (Phi) is 6.96. The molecule has 36 heavy (non-hydrogen) atoms. The molecule has 0 unspecified atom stereocenters. The predicted octanol–water partition coefficient (Wildman–Crippen LogP) is 5.47. The molecule has 0 aliphatic heterocycles. The van der Waals surface area contributed by atoms with Gasteiger partial charge in [-0.2, -0.15) is 35.8 Å². The average molecular weight is 515 g/mol. The number of carbonyl (C=O) groups is 2. The van der Waals surface area contributed by atoms with Gasteiger partial charge >= 0.3 is 23.9 Å². The molecule has 3 aromatic carbocycles. The van der Waals surface area contributed by atoms with Gasteiger partial charge in [0.1, 0.15) is 5.75 Å². The van der Waals surface area contributed by atoms with Crippen molar-refractivity contribution in [2.24, 2.45) is 5.10 Å². The smallest absolute Gasteiger partial charge is 0.460 e. The Morgan fingerprint density at radius 3 is 2.22 bits per heavy atom. The van der Waals surface area contributed by atoms with E-state index in [1.165, 1.54) is 30.4 Å². The van der Waals surface area contributed by atoms with E-state index in [9.17, 15) is 45.4 Å². The molecule has 0 heterocycles. The monoisotopic (exact) mass is 515 g/mol. The van der Waals surface area contributed by atoms with Crippen LogP contribution < -0.4 is 10.7 Å². The first kappa shape index (κ1) is 26.4. The normalized spacial score (nSPS) is 12.9. The number of nitrogens with zero attached hydrogens (tertiary/aromatic N) is 1. The number of phenolic OH excluding ortho intramolecular Hbond substituents is 1. The van der Waals surface area contributed by atoms with E-state index >= 15 is 0 Å². The first-order valence-electron chi connectivity index (χ1n) is 9.96. The maximum Gasteiger partial charge on any atom is 0.460 e. The van der Waals surface area contributed by atoms with E-state index in [2.05, 4.69) is 10.5 Å². The first-order chi connectivity index (χ1) is 16.7. The highest BCUT2D eigenvalue weighted by Gasteiger charge is 2.76. The number of nitrogens with one attached hydrogen (secondary N) is 2. The number of hydrogen-bond acceptors (Lipinski definition) is 4. The van der Waals surface area contributed by atoms with E-state index in [-0.39, 0.29) is 22.6 Å². The molecule has 190 valence electrons. The number of hydrazone groups is 1. The van der Waals surface area contributed by atoms with Crippen LogP contribution in [0.25, 0.3) is 10.8 Å². The summed E-state index contributed by atoms with van der Waals surface area (Å²) in [5, 5.41) is 16.4. The maximum absolute atomic E-state index is 13.6. The summed E-state index contributed by atoms with van der Waals surface area (Å²) in [5.74, 6) is -16.7. The lowest BCUT2D eigenvalue weighted by atomic mass is 10.0. The van der Waals surface area contributed by atoms with Gasteiger partial charge in [-0.05, 0) is 41.5 Å². The molecule has 0 saturated heterocycles. The highest BCUT2D eigenvalue weighted by molar-refractivity contribution is 6.10. The van der Waals surface area contributed by atoms with Crippen LogP contribution in [0.15, 0.2) is 65.8 Å². The Morgan fingerprint density at radius 2 is 1.56 bits per heavy atom. The van der Waals surface area contributed by atoms with Crippen LogP contribution in [0, 0.1) is 0 Å². The second kappa shape index (κ2) is 9.47. The van der Waals surface area contributed by atoms with E-state index in [1.807, 2.05) is 0 Å². The van der Waals surface area contributed by atoms with Crippen LogP contribution in [0.4, 0.5) is 36.4 Å². The Hall–Kier alpha value is -4.16. The molecule has 2 amide bonds. The number of anilines is 1. The highest BCUT2D eigenvalue weighted by atomic mass is 19.4. The van der Waals surface area contributed by atoms with Gasteiger partial charge in [0, 0.05) is 5.69 Å². The number of carbonyl (C=O) groups excluding carboxylic acids is 2. The SMILES string of the molecule is CC(=NNC(=O)c1c(O)ccc2ccccc12)c1cccc(NC(=O)C(F)(F)C(F)(F)C(F)(F)F)c1. The van der Waals surface area contributed by atoms with Crippen LogP contribution in [-0.2, 0) is 4.79 Å². The lowest BCUT2D eigenvalue weighted by Gasteiger charge is -2.27. The fourth-order valence-electron chi connectivity index (χ4n) is 3.11. The minimum absolute atomic E-state index is 0.0477. The van der Waals surface area contributed by atoms with E-state index in [1.54, 1.807) is 30.3 Å². The fraction of sp³-hybridized carbons (Fsp3) is 0.174. The topological polar surface area (TPSA) is 90.8 Å². The molecule has 0 saturated carbocycles. The first-order valence-corrected chi connectivity index (χ1v) is 9.96. The molecule has 6 nitrogen and oxygen atoms in total. The molecule has 0 spiro atoms. The predicted molar refractivity (Wildman–Crippen MR) is 116 cm³/mol. The lowest BCUT2D eigenvalue weighted by Crippen LogP contribution is -2.57. The van der Waals surface area contributed by atoms with Gasteiger partial charge in [0.15, 0.2) is 0 Å². The molecule has 0 atom stereocenters. The molecule has 3 aromatic rings. The van der Waals surface area contributed by atoms with Crippen molar-refractivity contribution < 1.29 is 45.4 Å². The Bertz CT molecular complexity index is 1350. The van der Waals surface area contributed by atoms with Crippen molar-refractivity contribution in [3.63, 3.8) is 0 Å². The molecule has 3 N–H and O–H groups in total. The van der Waals surface area contributed by atoms with Gasteiger partial charge in [0.25, 0.3) is 5.91 Å². The van der Waals surface area contributed by atoms with Crippen molar-refractivity contribution >= 4 is 34.0 Å². The second-order valence-electron chi connectivity index (χ2n) is 7.50. The summed E-state index contributed by atoms with van der Waals surface area (Å²) < 4.78 is 90.3. The number of benzene rings is 3. The van der Waals surface area contributed by atoms with Crippen molar-refractivity contribution in [3.8, 4) is 5.75 Å². The van der Waals surface area contributed by atoms with Crippen LogP contribution in [0.5, 0.6) is 5.75 Å². The third kappa shape index (κ3) is 4.95. The highest BCUT2D eigenvalue weighted by Crippen LogP contribution is 2.46. The third-order valence-corrected chi connectivity index (χ3v) is 5.03. The van der Waals surface area contributed by atoms with Crippen LogP contribution in [-0.4, -0.2) is 40.7 Å². The number of halogens is 7. The van der Waals surface area contributed by atoms with E-state index in [4.69, 9.17) is 0 Å². The molecule has 0 aliphatic carbocycles. The zero-order valence-electron chi connectivity index (χ0n) is 18.1. The number of fused-ring (bicyclic) bond motifs is 1. The van der Waals surface area contributed by atoms with E-state index in [0.717, 1.165) is 12.1 Å². The summed E-state index contributed by atoms with van der Waals surface area (Å²) in [4.78, 5) is 24.2. The fourth-order valence-corrected chi connectivity index (χ4v) is 3.11. The van der Waals surface area contributed by atoms with Gasteiger partial charge in [0.05, 0.1) is 11.3 Å². The summed E-state index contributed by atoms with van der Waals surface area (Å²) in [7, 11) is 0. The maximum atomic E-state index is 13.6. The molecule has 0 bridgehead atoms. The lowest BCUT2D eigenvalue weighted by molar-refractivity contribution is -0.343. The Balaban J connectivity index is 1.80. The largest absolute Gasteiger partial charge is 0.507 e. The molecule has 0 radical (unpaired) electrons. The molecule has 0 aliphatic rings. The Labute approximate surface area is 198 Å². The van der Waals surface area contributed by atoms with Gasteiger partial charge in [-0.3, -0.25) is 9.59 Å². The molecular weight excluding hydrogens is 499 g/mol. The van der Waals surface area contributed by atoms with Crippen molar-refractivity contribution in [1.82, 2.24) is 5.43 Å². The van der Waals surface area contributed by atoms with E-state index in [0.29, 0.717) is 10.8 Å². The van der Waals surface area contributed by atoms with Crippen molar-refractivity contribution in [2.75, 3.05) is 5.32 Å². The zero-order chi connectivity index (χ0) is 26.9. The van der Waals surface area contributed by atoms with Crippen LogP contribution in [0.2, 0.25) is 0 Å². The summed E-state index contributed by atoms with van der Waals surface area (Å²) in [6.45, 7) is 1.36. The van der Waals surface area contributed by atoms with Gasteiger partial charge in [-0.15, -0.1) is 0 Å². The summed E-state index contributed by atoms with van der Waals surface area (Å²) >= 11 is 0. The summed E-state index contributed by atoms with van der Waals surface area (Å²) in [6.07, 6.45) is -6.66. The summed E-state index contributed by atoms with van der Waals surface area (Å²) in [6, 6.07) is 14.1. The molecule has 0 fully saturated rings. The number of alkyl halides is 7. The zero-order valence-corrected chi connectivity index (χ0v) is 18.1. The second-order valence-corrected chi connectivity index (χ2v) is 7.50. The minimum Gasteiger partial charge on any atom is -0.507 e. The molecule has 3 rings (SSSR count). The van der Waals surface area contributed by atoms with Gasteiger partial charge in [0.2, 0.25) is 0 Å². The standard InChI is InChI=1S/C23H16F7N3O3/c1-12(32-33-19(35)18-16-8-3-2-5-13(16)9-10-17(18)34)14-6-4-7-15(11-14)31-20(36)21(24,25)22(26,27)23(28,29)30/h2-11,34H,1H3,(H,31,36)(H,33,35). The minimum atomic E-state index is -6.66. The van der Waals surface area contributed by atoms with Crippen molar-refractivity contribution in [3.05, 3.63) is 71.8 Å². The molecule has 13 heteroatoms. The number of amides is 2. The number of rotatable bonds is 6. The number of phenols is 1. The van der Waals surface area contributed by atoms with Crippen LogP contribution >= 0.6 is 0 Å². The van der Waals surface area contributed by atoms with Gasteiger partial charge in [-0.1, -0.05) is 42.5 Å². The molecule has 0 aromatic heterocycles. The van der Waals surface area contributed by atoms with Gasteiger partial charge in [-0.25, -0.2) is 5.43 Å². The summed E-state index contributed by atoms with van der Waals surface area (Å²) in [5.41, 5.74) is 1.76. The van der Waals surface area contributed by atoms with Gasteiger partial charge < -0.3 is 10.4 Å². The van der Waals surface area contributed by atoms with Crippen molar-refractivity contribution in [1.29, 1.82) is 0 Å². The average Bonchev–Trinajstić information content (AvgIpc) is 2.81. The third-order valence-electron chi connectivity index (χ3n) is 5.03. The molecular formula is C23H16F7N3O3. The van der Waals surface area contributed by atoms with E-state index < -0.39 is 35.5 Å². The van der Waals surface area contributed by atoms with Crippen LogP contribution in [0.3, 0.4) is 0 Å². The van der Waals surface area contributed by atoms with Crippen LogP contribution in [0.1, 0.15) is 22.8 Å². The Morgan fingerprint density at radius 1 is 0.889 bits per heavy atom. The van der Waals surface area contributed by atoms with Crippen molar-refractivity contribution in [2.45, 2.75) is 24.9 Å².